The van der Waals surface area contributed by atoms with Gasteiger partial charge in [-0.2, -0.15) is 0 Å². The molecule has 3 atom stereocenters. The Morgan fingerprint density at radius 3 is 1.88 bits per heavy atom. The van der Waals surface area contributed by atoms with Crippen molar-refractivity contribution in [3.63, 3.8) is 0 Å². The summed E-state index contributed by atoms with van der Waals surface area (Å²) in [5.74, 6) is 0.147. The van der Waals surface area contributed by atoms with Gasteiger partial charge in [0.2, 0.25) is 11.8 Å². The van der Waals surface area contributed by atoms with E-state index in [0.29, 0.717) is 39.1 Å². The van der Waals surface area contributed by atoms with E-state index in [2.05, 4.69) is 33.8 Å². The lowest BCUT2D eigenvalue weighted by atomic mass is 9.87. The van der Waals surface area contributed by atoms with Crippen LogP contribution in [0.4, 0.5) is 0 Å². The predicted octanol–water partition coefficient (Wildman–Crippen LogP) is 4.38. The lowest BCUT2D eigenvalue weighted by molar-refractivity contribution is -0.150. The lowest BCUT2D eigenvalue weighted by Crippen LogP contribution is -2.44. The minimum Gasteiger partial charge on any atom is -0.490 e. The van der Waals surface area contributed by atoms with Gasteiger partial charge >= 0.3 is 0 Å². The maximum Gasteiger partial charge on any atom is 0.248 e. The Morgan fingerprint density at radius 1 is 0.854 bits per heavy atom. The Hall–Kier alpha value is -2.20. The van der Waals surface area contributed by atoms with Crippen molar-refractivity contribution in [2.45, 2.75) is 104 Å². The van der Waals surface area contributed by atoms with E-state index in [1.54, 1.807) is 0 Å². The first-order chi connectivity index (χ1) is 19.7. The molecule has 232 valence electrons. The summed E-state index contributed by atoms with van der Waals surface area (Å²) in [6.07, 6.45) is 3.83. The molecular weight excluding hydrogens is 524 g/mol. The Kier molecular flexibility index (Phi) is 13.4. The number of nitrogens with zero attached hydrogens (tertiary/aromatic N) is 2. The molecule has 1 aliphatic heterocycles. The van der Waals surface area contributed by atoms with Gasteiger partial charge in [-0.1, -0.05) is 39.8 Å². The smallest absolute Gasteiger partial charge is 0.248 e. The van der Waals surface area contributed by atoms with Crippen molar-refractivity contribution in [1.29, 1.82) is 0 Å². The second-order valence-electron chi connectivity index (χ2n) is 11.5. The summed E-state index contributed by atoms with van der Waals surface area (Å²) in [5.41, 5.74) is 2.15. The van der Waals surface area contributed by atoms with Crippen LogP contribution in [0.1, 0.15) is 78.4 Å². The monoisotopic (exact) mass is 576 g/mol. The summed E-state index contributed by atoms with van der Waals surface area (Å²) in [4.78, 5) is 29.8. The van der Waals surface area contributed by atoms with Crippen LogP contribution >= 0.6 is 0 Å². The third-order valence-electron chi connectivity index (χ3n) is 7.48. The second-order valence-corrected chi connectivity index (χ2v) is 11.5. The van der Waals surface area contributed by atoms with Crippen LogP contribution in [0.15, 0.2) is 18.2 Å². The number of ether oxygens (including phenoxy) is 5. The molecule has 0 N–H and O–H groups in total. The number of carbonyl (C=O) groups excluding carboxylic acids is 2. The topological polar surface area (TPSA) is 86.8 Å². The molecule has 0 radical (unpaired) electrons. The van der Waals surface area contributed by atoms with Gasteiger partial charge in [0, 0.05) is 44.6 Å². The highest BCUT2D eigenvalue weighted by Crippen LogP contribution is 2.33. The van der Waals surface area contributed by atoms with E-state index < -0.39 is 5.79 Å². The van der Waals surface area contributed by atoms with E-state index in [1.165, 1.54) is 0 Å². The molecular formula is C32H52N2O7. The summed E-state index contributed by atoms with van der Waals surface area (Å²) >= 11 is 0. The summed E-state index contributed by atoms with van der Waals surface area (Å²) in [5, 5.41) is 0. The molecule has 9 heteroatoms. The normalized spacial score (nSPS) is 21.4. The molecule has 1 aromatic carbocycles. The van der Waals surface area contributed by atoms with Crippen molar-refractivity contribution in [2.24, 2.45) is 0 Å². The number of rotatable bonds is 17. The van der Waals surface area contributed by atoms with Gasteiger partial charge in [0.05, 0.1) is 18.8 Å². The number of hydrogen-bond acceptors (Lipinski definition) is 7. The maximum absolute atomic E-state index is 13.0. The van der Waals surface area contributed by atoms with Crippen LogP contribution in [0, 0.1) is 0 Å². The van der Waals surface area contributed by atoms with Crippen LogP contribution in [0.25, 0.3) is 0 Å². The maximum atomic E-state index is 13.0. The van der Waals surface area contributed by atoms with Crippen LogP contribution in [0.3, 0.4) is 0 Å². The van der Waals surface area contributed by atoms with E-state index in [-0.39, 0.29) is 43.3 Å². The zero-order chi connectivity index (χ0) is 29.8. The lowest BCUT2D eigenvalue weighted by Gasteiger charge is -2.34. The number of amides is 2. The van der Waals surface area contributed by atoms with Gasteiger partial charge in [0.25, 0.3) is 0 Å². The standard InChI is InChI=1S/C32H52N2O7/c1-7-14-33(15-8-2)30(35)22-38-28-18-24-12-11-13-27(37-20-25-21-40-32(5,6)41-25)26(24)19-29(28)39-23-31(36)34(16-9-3)17-10-4/h11-13,25,28-29H,7-10,14-23H2,1-6H3. The predicted molar refractivity (Wildman–Crippen MR) is 158 cm³/mol. The molecule has 0 spiro atoms. The summed E-state index contributed by atoms with van der Waals surface area (Å²) in [6.45, 7) is 15.8. The zero-order valence-corrected chi connectivity index (χ0v) is 26.1. The minimum atomic E-state index is -0.606. The van der Waals surface area contributed by atoms with Gasteiger partial charge in [0.15, 0.2) is 5.79 Å². The van der Waals surface area contributed by atoms with Gasteiger partial charge in [-0.3, -0.25) is 9.59 Å². The molecule has 1 aromatic rings. The molecule has 9 nitrogen and oxygen atoms in total. The van der Waals surface area contributed by atoms with Gasteiger partial charge in [-0.15, -0.1) is 0 Å². The third-order valence-corrected chi connectivity index (χ3v) is 7.48. The van der Waals surface area contributed by atoms with Crippen molar-refractivity contribution in [1.82, 2.24) is 9.80 Å². The van der Waals surface area contributed by atoms with Gasteiger partial charge < -0.3 is 33.5 Å². The minimum absolute atomic E-state index is 0.00338. The Labute approximate surface area is 246 Å². The molecule has 2 aliphatic rings. The second kappa shape index (κ2) is 16.4. The molecule has 0 aromatic heterocycles. The van der Waals surface area contributed by atoms with Gasteiger partial charge in [0.1, 0.15) is 31.7 Å². The first-order valence-corrected chi connectivity index (χ1v) is 15.5. The van der Waals surface area contributed by atoms with E-state index in [0.717, 1.165) is 55.6 Å². The fraction of sp³-hybridized carbons (Fsp3) is 0.750. The van der Waals surface area contributed by atoms with E-state index in [1.807, 2.05) is 35.8 Å². The van der Waals surface area contributed by atoms with Crippen LogP contribution in [-0.2, 0) is 41.4 Å². The van der Waals surface area contributed by atoms with Crippen molar-refractivity contribution in [3.05, 3.63) is 29.3 Å². The largest absolute Gasteiger partial charge is 0.490 e. The number of fused-ring (bicyclic) bond motifs is 1. The molecule has 0 saturated carbocycles. The van der Waals surface area contributed by atoms with Crippen molar-refractivity contribution < 1.29 is 33.3 Å². The molecule has 3 rings (SSSR count). The molecule has 1 heterocycles. The van der Waals surface area contributed by atoms with Crippen LogP contribution in [-0.4, -0.2) is 98.3 Å². The fourth-order valence-electron chi connectivity index (χ4n) is 5.55. The Balaban J connectivity index is 1.73. The summed E-state index contributed by atoms with van der Waals surface area (Å²) in [7, 11) is 0. The number of carbonyl (C=O) groups is 2. The molecule has 2 amide bonds. The molecule has 41 heavy (non-hydrogen) atoms. The first kappa shape index (κ1) is 33.3. The molecule has 3 unspecified atom stereocenters. The summed E-state index contributed by atoms with van der Waals surface area (Å²) < 4.78 is 30.4. The summed E-state index contributed by atoms with van der Waals surface area (Å²) in [6, 6.07) is 6.02. The highest BCUT2D eigenvalue weighted by molar-refractivity contribution is 5.78. The van der Waals surface area contributed by atoms with Crippen molar-refractivity contribution >= 4 is 11.8 Å². The van der Waals surface area contributed by atoms with Crippen molar-refractivity contribution in [2.75, 3.05) is 52.6 Å². The third kappa shape index (κ3) is 9.94. The van der Waals surface area contributed by atoms with Crippen LogP contribution in [0.2, 0.25) is 0 Å². The molecule has 1 saturated heterocycles. The molecule has 0 bridgehead atoms. The van der Waals surface area contributed by atoms with Gasteiger partial charge in [-0.25, -0.2) is 0 Å². The first-order valence-electron chi connectivity index (χ1n) is 15.5. The highest BCUT2D eigenvalue weighted by atomic mass is 16.7. The van der Waals surface area contributed by atoms with E-state index in [4.69, 9.17) is 23.7 Å². The quantitative estimate of drug-likeness (QED) is 0.272. The van der Waals surface area contributed by atoms with E-state index >= 15 is 0 Å². The number of benzene rings is 1. The molecule has 1 aliphatic carbocycles. The zero-order valence-electron chi connectivity index (χ0n) is 26.1. The van der Waals surface area contributed by atoms with Crippen molar-refractivity contribution in [3.8, 4) is 5.75 Å². The average molecular weight is 577 g/mol. The fourth-order valence-corrected chi connectivity index (χ4v) is 5.55. The van der Waals surface area contributed by atoms with E-state index in [9.17, 15) is 9.59 Å². The molecule has 1 fully saturated rings. The van der Waals surface area contributed by atoms with Crippen LogP contribution < -0.4 is 4.74 Å². The average Bonchev–Trinajstić information content (AvgIpc) is 3.31. The number of hydrogen-bond donors (Lipinski definition) is 0. The van der Waals surface area contributed by atoms with Gasteiger partial charge in [-0.05, 0) is 51.2 Å². The Bertz CT molecular complexity index is 957. The highest BCUT2D eigenvalue weighted by Gasteiger charge is 2.35. The SMILES string of the molecule is CCCN(CCC)C(=O)COC1Cc2cccc(OCC3COC(C)(C)O3)c2CC1OCC(=O)N(CCC)CCC. The van der Waals surface area contributed by atoms with Crippen LogP contribution in [0.5, 0.6) is 5.75 Å². The Morgan fingerprint density at radius 2 is 1.39 bits per heavy atom.